The van der Waals surface area contributed by atoms with E-state index in [1.807, 2.05) is 7.05 Å². The van der Waals surface area contributed by atoms with Crippen LogP contribution in [0.15, 0.2) is 18.2 Å². The molecule has 1 aromatic carbocycles. The molecule has 0 unspecified atom stereocenters. The average Bonchev–Trinajstić information content (AvgIpc) is 2.32. The van der Waals surface area contributed by atoms with Gasteiger partial charge in [0.1, 0.15) is 5.82 Å². The zero-order chi connectivity index (χ0) is 12.5. The summed E-state index contributed by atoms with van der Waals surface area (Å²) in [6.07, 6.45) is 1.25. The molecular formula is C13H14ClFN2. The van der Waals surface area contributed by atoms with Crippen molar-refractivity contribution in [3.05, 3.63) is 34.6 Å². The Morgan fingerprint density at radius 1 is 1.41 bits per heavy atom. The third-order valence-corrected chi connectivity index (χ3v) is 3.81. The van der Waals surface area contributed by atoms with E-state index in [1.54, 1.807) is 12.1 Å². The highest BCUT2D eigenvalue weighted by Gasteiger charge is 2.39. The van der Waals surface area contributed by atoms with Crippen molar-refractivity contribution in [2.24, 2.45) is 0 Å². The first-order valence-corrected chi connectivity index (χ1v) is 6.01. The second kappa shape index (κ2) is 4.64. The number of nitrogens with zero attached hydrogens (tertiary/aromatic N) is 2. The summed E-state index contributed by atoms with van der Waals surface area (Å²) in [6.45, 7) is 1.58. The first kappa shape index (κ1) is 12.3. The van der Waals surface area contributed by atoms with Crippen molar-refractivity contribution in [2.75, 3.05) is 20.1 Å². The molecule has 1 aliphatic rings. The fourth-order valence-corrected chi connectivity index (χ4v) is 2.72. The topological polar surface area (TPSA) is 27.0 Å². The molecule has 1 aromatic rings. The normalized spacial score (nSPS) is 19.9. The molecule has 0 amide bonds. The van der Waals surface area contributed by atoms with Crippen LogP contribution in [-0.4, -0.2) is 25.0 Å². The number of hydrogen-bond donors (Lipinski definition) is 0. The molecule has 1 heterocycles. The van der Waals surface area contributed by atoms with Crippen LogP contribution in [0.5, 0.6) is 0 Å². The maximum absolute atomic E-state index is 13.9. The van der Waals surface area contributed by atoms with E-state index < -0.39 is 5.41 Å². The van der Waals surface area contributed by atoms with Gasteiger partial charge in [-0.3, -0.25) is 0 Å². The molecule has 2 nitrogen and oxygen atoms in total. The van der Waals surface area contributed by atoms with Gasteiger partial charge in [-0.1, -0.05) is 17.7 Å². The molecule has 0 bridgehead atoms. The van der Waals surface area contributed by atoms with Crippen molar-refractivity contribution in [1.29, 1.82) is 5.26 Å². The van der Waals surface area contributed by atoms with Crippen molar-refractivity contribution in [2.45, 2.75) is 18.3 Å². The number of rotatable bonds is 1. The van der Waals surface area contributed by atoms with Crippen molar-refractivity contribution in [3.8, 4) is 6.07 Å². The fourth-order valence-electron chi connectivity index (χ4n) is 2.37. The molecular weight excluding hydrogens is 239 g/mol. The Kier molecular flexibility index (Phi) is 3.37. The Labute approximate surface area is 106 Å². The van der Waals surface area contributed by atoms with Gasteiger partial charge in [0.15, 0.2) is 0 Å². The third kappa shape index (κ3) is 2.15. The van der Waals surface area contributed by atoms with E-state index in [1.165, 1.54) is 6.07 Å². The maximum Gasteiger partial charge on any atom is 0.129 e. The summed E-state index contributed by atoms with van der Waals surface area (Å²) in [5.74, 6) is -0.372. The number of benzene rings is 1. The molecule has 0 aliphatic carbocycles. The molecule has 17 heavy (non-hydrogen) atoms. The van der Waals surface area contributed by atoms with Gasteiger partial charge in [0, 0.05) is 10.6 Å². The van der Waals surface area contributed by atoms with E-state index in [2.05, 4.69) is 11.0 Å². The first-order valence-electron chi connectivity index (χ1n) is 5.63. The molecule has 2 rings (SSSR count). The monoisotopic (exact) mass is 252 g/mol. The zero-order valence-corrected chi connectivity index (χ0v) is 10.5. The van der Waals surface area contributed by atoms with Crippen LogP contribution in [0.2, 0.25) is 5.02 Å². The lowest BCUT2D eigenvalue weighted by Gasteiger charge is -2.36. The summed E-state index contributed by atoms with van der Waals surface area (Å²) in [7, 11) is 2.00. The van der Waals surface area contributed by atoms with Crippen LogP contribution in [0.4, 0.5) is 4.39 Å². The van der Waals surface area contributed by atoms with Crippen LogP contribution in [0.1, 0.15) is 18.4 Å². The summed E-state index contributed by atoms with van der Waals surface area (Å²) in [5, 5.41) is 9.79. The number of piperidine rings is 1. The van der Waals surface area contributed by atoms with E-state index in [-0.39, 0.29) is 5.82 Å². The molecule has 0 saturated carbocycles. The molecule has 0 aromatic heterocycles. The lowest BCUT2D eigenvalue weighted by molar-refractivity contribution is 0.219. The molecule has 1 aliphatic heterocycles. The summed E-state index contributed by atoms with van der Waals surface area (Å²) >= 11 is 6.06. The quantitative estimate of drug-likeness (QED) is 0.768. The number of nitriles is 1. The number of likely N-dealkylation sites (tertiary alicyclic amines) is 1. The highest BCUT2D eigenvalue weighted by molar-refractivity contribution is 6.31. The molecule has 1 fully saturated rings. The highest BCUT2D eigenvalue weighted by Crippen LogP contribution is 2.39. The second-order valence-electron chi connectivity index (χ2n) is 4.59. The van der Waals surface area contributed by atoms with Crippen LogP contribution in [0.3, 0.4) is 0 Å². The molecule has 90 valence electrons. The predicted molar refractivity (Wildman–Crippen MR) is 65.4 cm³/mol. The van der Waals surface area contributed by atoms with Gasteiger partial charge in [-0.25, -0.2) is 4.39 Å². The summed E-state index contributed by atoms with van der Waals surface area (Å²) < 4.78 is 13.9. The van der Waals surface area contributed by atoms with E-state index in [0.29, 0.717) is 23.4 Å². The average molecular weight is 253 g/mol. The van der Waals surface area contributed by atoms with E-state index in [9.17, 15) is 9.65 Å². The van der Waals surface area contributed by atoms with Gasteiger partial charge >= 0.3 is 0 Å². The Bertz CT molecular complexity index is 439. The summed E-state index contributed by atoms with van der Waals surface area (Å²) in [5.41, 5.74) is -0.396. The van der Waals surface area contributed by atoms with E-state index in [0.717, 1.165) is 13.1 Å². The van der Waals surface area contributed by atoms with Crippen LogP contribution in [-0.2, 0) is 5.41 Å². The Balaban J connectivity index is 2.46. The van der Waals surface area contributed by atoms with Gasteiger partial charge in [0.05, 0.1) is 11.5 Å². The molecule has 4 heteroatoms. The van der Waals surface area contributed by atoms with Gasteiger partial charge in [-0.2, -0.15) is 5.26 Å². The minimum absolute atomic E-state index is 0.358. The zero-order valence-electron chi connectivity index (χ0n) is 9.71. The highest BCUT2D eigenvalue weighted by atomic mass is 35.5. The lowest BCUT2D eigenvalue weighted by Crippen LogP contribution is -2.40. The second-order valence-corrected chi connectivity index (χ2v) is 5.00. The van der Waals surface area contributed by atoms with Gasteiger partial charge in [0.2, 0.25) is 0 Å². The van der Waals surface area contributed by atoms with E-state index >= 15 is 0 Å². The molecule has 0 atom stereocenters. The van der Waals surface area contributed by atoms with E-state index in [4.69, 9.17) is 11.6 Å². The smallest absolute Gasteiger partial charge is 0.129 e. The van der Waals surface area contributed by atoms with Gasteiger partial charge in [0.25, 0.3) is 0 Å². The van der Waals surface area contributed by atoms with Crippen molar-refractivity contribution in [1.82, 2.24) is 4.90 Å². The van der Waals surface area contributed by atoms with Gasteiger partial charge in [-0.15, -0.1) is 0 Å². The Hall–Kier alpha value is -1.11. The Morgan fingerprint density at radius 2 is 2.06 bits per heavy atom. The van der Waals surface area contributed by atoms with Crippen LogP contribution in [0.25, 0.3) is 0 Å². The van der Waals surface area contributed by atoms with Gasteiger partial charge < -0.3 is 4.90 Å². The number of hydrogen-bond acceptors (Lipinski definition) is 2. The number of halogens is 2. The third-order valence-electron chi connectivity index (χ3n) is 3.50. The standard InChI is InChI=1S/C13H14ClFN2/c1-17-7-5-13(9-16,6-8-17)12-10(14)3-2-4-11(12)15/h2-4H,5-8H2,1H3. The minimum Gasteiger partial charge on any atom is -0.306 e. The molecule has 0 N–H and O–H groups in total. The van der Waals surface area contributed by atoms with Crippen molar-refractivity contribution >= 4 is 11.6 Å². The SMILES string of the molecule is CN1CCC(C#N)(c2c(F)cccc2Cl)CC1. The summed E-state index contributed by atoms with van der Waals surface area (Å²) in [6, 6.07) is 6.88. The largest absolute Gasteiger partial charge is 0.306 e. The molecule has 0 spiro atoms. The Morgan fingerprint density at radius 3 is 2.59 bits per heavy atom. The van der Waals surface area contributed by atoms with Crippen LogP contribution in [0, 0.1) is 17.1 Å². The molecule has 0 radical (unpaired) electrons. The van der Waals surface area contributed by atoms with Crippen LogP contribution < -0.4 is 0 Å². The van der Waals surface area contributed by atoms with Crippen molar-refractivity contribution in [3.63, 3.8) is 0 Å². The minimum atomic E-state index is -0.769. The van der Waals surface area contributed by atoms with Crippen LogP contribution >= 0.6 is 11.6 Å². The first-order chi connectivity index (χ1) is 8.09. The van der Waals surface area contributed by atoms with Gasteiger partial charge in [-0.05, 0) is 45.1 Å². The summed E-state index contributed by atoms with van der Waals surface area (Å²) in [4.78, 5) is 2.14. The lowest BCUT2D eigenvalue weighted by atomic mass is 9.74. The van der Waals surface area contributed by atoms with Crippen molar-refractivity contribution < 1.29 is 4.39 Å². The predicted octanol–water partition coefficient (Wildman–Crippen LogP) is 2.97. The fraction of sp³-hybridized carbons (Fsp3) is 0.462. The maximum atomic E-state index is 13.9. The molecule has 1 saturated heterocycles.